The number of carbonyl (C=O) groups is 1. The first-order valence-corrected chi connectivity index (χ1v) is 6.67. The van der Waals surface area contributed by atoms with Crippen molar-refractivity contribution in [3.8, 4) is 0 Å². The maximum absolute atomic E-state index is 10.5. The normalized spacial score (nSPS) is 10.2. The molecule has 0 radical (unpaired) electrons. The smallest absolute Gasteiger partial charge is 0.322 e. The van der Waals surface area contributed by atoms with Crippen molar-refractivity contribution in [1.82, 2.24) is 9.97 Å². The van der Waals surface area contributed by atoms with Crippen molar-refractivity contribution in [3.05, 3.63) is 40.5 Å². The summed E-state index contributed by atoms with van der Waals surface area (Å²) in [5, 5.41) is 14.6. The molecule has 0 spiro atoms. The van der Waals surface area contributed by atoms with Gasteiger partial charge in [0, 0.05) is 11.8 Å². The molecular formula is C14H15ClN4O2. The van der Waals surface area contributed by atoms with Crippen LogP contribution in [0.25, 0.3) is 0 Å². The molecule has 0 bridgehead atoms. The molecule has 3 N–H and O–H groups in total. The second-order valence-electron chi connectivity index (χ2n) is 4.52. The fourth-order valence-electron chi connectivity index (χ4n) is 1.74. The summed E-state index contributed by atoms with van der Waals surface area (Å²) < 4.78 is 0. The Morgan fingerprint density at radius 3 is 2.81 bits per heavy atom. The highest BCUT2D eigenvalue weighted by molar-refractivity contribution is 6.29. The van der Waals surface area contributed by atoms with E-state index in [0.29, 0.717) is 5.82 Å². The van der Waals surface area contributed by atoms with Gasteiger partial charge in [0.05, 0.1) is 0 Å². The number of hydrogen-bond acceptors (Lipinski definition) is 5. The molecule has 1 aromatic carbocycles. The van der Waals surface area contributed by atoms with Gasteiger partial charge in [-0.2, -0.15) is 4.98 Å². The Labute approximate surface area is 127 Å². The van der Waals surface area contributed by atoms with Crippen LogP contribution in [-0.4, -0.2) is 27.6 Å². The predicted molar refractivity (Wildman–Crippen MR) is 82.4 cm³/mol. The van der Waals surface area contributed by atoms with Crippen molar-refractivity contribution in [3.63, 3.8) is 0 Å². The molecule has 0 aliphatic carbocycles. The molecule has 110 valence electrons. The van der Waals surface area contributed by atoms with Crippen molar-refractivity contribution in [1.29, 1.82) is 0 Å². The minimum atomic E-state index is -0.998. The van der Waals surface area contributed by atoms with E-state index >= 15 is 0 Å². The summed E-state index contributed by atoms with van der Waals surface area (Å²) in [6.07, 6.45) is 0. The van der Waals surface area contributed by atoms with E-state index in [2.05, 4.69) is 20.6 Å². The lowest BCUT2D eigenvalue weighted by atomic mass is 10.1. The van der Waals surface area contributed by atoms with E-state index in [1.807, 2.05) is 32.0 Å². The molecule has 7 heteroatoms. The Balaban J connectivity index is 2.23. The summed E-state index contributed by atoms with van der Waals surface area (Å²) in [4.78, 5) is 18.7. The Bertz CT molecular complexity index is 676. The number of aliphatic carboxylic acids is 1. The number of hydrogen-bond donors (Lipinski definition) is 3. The van der Waals surface area contributed by atoms with Gasteiger partial charge in [0.25, 0.3) is 0 Å². The minimum Gasteiger partial charge on any atom is -0.480 e. The second-order valence-corrected chi connectivity index (χ2v) is 4.91. The molecule has 0 aliphatic heterocycles. The summed E-state index contributed by atoms with van der Waals surface area (Å²) in [7, 11) is 0. The van der Waals surface area contributed by atoms with Gasteiger partial charge in [0.15, 0.2) is 0 Å². The van der Waals surface area contributed by atoms with Crippen LogP contribution >= 0.6 is 11.6 Å². The average molecular weight is 307 g/mol. The topological polar surface area (TPSA) is 87.1 Å². The fraction of sp³-hybridized carbons (Fsp3) is 0.214. The van der Waals surface area contributed by atoms with Crippen LogP contribution in [0.5, 0.6) is 0 Å². The molecule has 0 fully saturated rings. The maximum atomic E-state index is 10.5. The molecule has 2 rings (SSSR count). The highest BCUT2D eigenvalue weighted by atomic mass is 35.5. The van der Waals surface area contributed by atoms with Gasteiger partial charge < -0.3 is 15.7 Å². The summed E-state index contributed by atoms with van der Waals surface area (Å²) in [5.41, 5.74) is 3.17. The number of carboxylic acid groups (broad SMARTS) is 1. The van der Waals surface area contributed by atoms with E-state index in [1.165, 1.54) is 0 Å². The van der Waals surface area contributed by atoms with Crippen molar-refractivity contribution < 1.29 is 9.90 Å². The average Bonchev–Trinajstić information content (AvgIpc) is 2.41. The SMILES string of the molecule is Cc1cccc(Nc2cc(Cl)nc(NCC(=O)O)n2)c1C. The second kappa shape index (κ2) is 6.41. The monoisotopic (exact) mass is 306 g/mol. The van der Waals surface area contributed by atoms with E-state index in [4.69, 9.17) is 16.7 Å². The van der Waals surface area contributed by atoms with Gasteiger partial charge in [0.1, 0.15) is 17.5 Å². The van der Waals surface area contributed by atoms with Crippen molar-refractivity contribution >= 4 is 35.0 Å². The van der Waals surface area contributed by atoms with Gasteiger partial charge >= 0.3 is 5.97 Å². The van der Waals surface area contributed by atoms with Crippen LogP contribution in [0.1, 0.15) is 11.1 Å². The van der Waals surface area contributed by atoms with Crippen molar-refractivity contribution in [2.45, 2.75) is 13.8 Å². The number of benzene rings is 1. The number of nitrogens with one attached hydrogen (secondary N) is 2. The molecule has 6 nitrogen and oxygen atoms in total. The number of rotatable bonds is 5. The Hall–Kier alpha value is -2.34. The lowest BCUT2D eigenvalue weighted by Gasteiger charge is -2.12. The molecule has 1 heterocycles. The van der Waals surface area contributed by atoms with E-state index in [0.717, 1.165) is 16.8 Å². The molecule has 1 aromatic heterocycles. The zero-order valence-corrected chi connectivity index (χ0v) is 12.4. The van der Waals surface area contributed by atoms with Gasteiger partial charge in [-0.1, -0.05) is 23.7 Å². The van der Waals surface area contributed by atoms with Gasteiger partial charge in [-0.3, -0.25) is 4.79 Å². The number of anilines is 3. The molecule has 0 atom stereocenters. The first kappa shape index (κ1) is 15.1. The van der Waals surface area contributed by atoms with Crippen LogP contribution in [0.15, 0.2) is 24.3 Å². The number of aryl methyl sites for hydroxylation is 1. The third-order valence-corrected chi connectivity index (χ3v) is 3.15. The number of aromatic nitrogens is 2. The van der Waals surface area contributed by atoms with Crippen LogP contribution in [0.2, 0.25) is 5.15 Å². The third kappa shape index (κ3) is 4.06. The highest BCUT2D eigenvalue weighted by Gasteiger charge is 2.07. The fourth-order valence-corrected chi connectivity index (χ4v) is 1.92. The van der Waals surface area contributed by atoms with Gasteiger partial charge in [-0.25, -0.2) is 4.98 Å². The van der Waals surface area contributed by atoms with Crippen molar-refractivity contribution in [2.75, 3.05) is 17.2 Å². The summed E-state index contributed by atoms with van der Waals surface area (Å²) in [6, 6.07) is 7.47. The minimum absolute atomic E-state index is 0.165. The zero-order chi connectivity index (χ0) is 15.4. The number of nitrogens with zero attached hydrogens (tertiary/aromatic N) is 2. The molecule has 0 saturated heterocycles. The van der Waals surface area contributed by atoms with E-state index in [9.17, 15) is 4.79 Å². The largest absolute Gasteiger partial charge is 0.480 e. The Morgan fingerprint density at radius 2 is 2.10 bits per heavy atom. The van der Waals surface area contributed by atoms with Crippen LogP contribution in [0, 0.1) is 13.8 Å². The predicted octanol–water partition coefficient (Wildman–Crippen LogP) is 2.99. The first-order valence-electron chi connectivity index (χ1n) is 6.29. The van der Waals surface area contributed by atoms with Crippen molar-refractivity contribution in [2.24, 2.45) is 0 Å². The van der Waals surface area contributed by atoms with E-state index in [-0.39, 0.29) is 17.6 Å². The molecule has 0 amide bonds. The standard InChI is InChI=1S/C14H15ClN4O2/c1-8-4-3-5-10(9(8)2)17-12-6-11(15)18-14(19-12)16-7-13(20)21/h3-6H,7H2,1-2H3,(H,20,21)(H2,16,17,18,19). The van der Waals surface area contributed by atoms with Crippen LogP contribution in [-0.2, 0) is 4.79 Å². The van der Waals surface area contributed by atoms with E-state index in [1.54, 1.807) is 6.07 Å². The Kier molecular flexibility index (Phi) is 4.59. The zero-order valence-electron chi connectivity index (χ0n) is 11.6. The molecule has 0 unspecified atom stereocenters. The van der Waals surface area contributed by atoms with E-state index < -0.39 is 5.97 Å². The quantitative estimate of drug-likeness (QED) is 0.736. The van der Waals surface area contributed by atoms with Gasteiger partial charge in [-0.05, 0) is 31.0 Å². The molecule has 0 aliphatic rings. The number of carboxylic acids is 1. The molecular weight excluding hydrogens is 292 g/mol. The maximum Gasteiger partial charge on any atom is 0.322 e. The van der Waals surface area contributed by atoms with Gasteiger partial charge in [0.2, 0.25) is 5.95 Å². The Morgan fingerprint density at radius 1 is 1.33 bits per heavy atom. The molecule has 0 saturated carbocycles. The van der Waals surface area contributed by atoms with Crippen LogP contribution in [0.3, 0.4) is 0 Å². The first-order chi connectivity index (χ1) is 9.95. The lowest BCUT2D eigenvalue weighted by Crippen LogP contribution is -2.14. The summed E-state index contributed by atoms with van der Waals surface area (Å²) in [6.45, 7) is 3.75. The van der Waals surface area contributed by atoms with Crippen LogP contribution in [0.4, 0.5) is 17.5 Å². The van der Waals surface area contributed by atoms with Gasteiger partial charge in [-0.15, -0.1) is 0 Å². The highest BCUT2D eigenvalue weighted by Crippen LogP contribution is 2.23. The van der Waals surface area contributed by atoms with Crippen LogP contribution < -0.4 is 10.6 Å². The number of halogens is 1. The summed E-state index contributed by atoms with van der Waals surface area (Å²) in [5.74, 6) is -0.336. The third-order valence-electron chi connectivity index (χ3n) is 2.96. The molecule has 2 aromatic rings. The lowest BCUT2D eigenvalue weighted by molar-refractivity contribution is -0.134. The summed E-state index contributed by atoms with van der Waals surface area (Å²) >= 11 is 5.92. The molecule has 21 heavy (non-hydrogen) atoms.